The first-order chi connectivity index (χ1) is 13.1. The summed E-state index contributed by atoms with van der Waals surface area (Å²) < 4.78 is 1.83. The van der Waals surface area contributed by atoms with Crippen LogP contribution in [0, 0.1) is 6.92 Å². The summed E-state index contributed by atoms with van der Waals surface area (Å²) in [4.78, 5) is 21.5. The zero-order valence-electron chi connectivity index (χ0n) is 15.7. The van der Waals surface area contributed by atoms with E-state index < -0.39 is 0 Å². The fourth-order valence-corrected chi connectivity index (χ4v) is 3.46. The fraction of sp³-hybridized carbons (Fsp3) is 0.286. The van der Waals surface area contributed by atoms with Crippen molar-refractivity contribution >= 4 is 5.91 Å². The summed E-state index contributed by atoms with van der Waals surface area (Å²) >= 11 is 0. The van der Waals surface area contributed by atoms with Crippen LogP contribution in [-0.4, -0.2) is 63.7 Å². The molecule has 6 heteroatoms. The topological polar surface area (TPSA) is 54.3 Å². The predicted octanol–water partition coefficient (Wildman–Crippen LogP) is 2.63. The van der Waals surface area contributed by atoms with E-state index in [1.54, 1.807) is 12.4 Å². The van der Waals surface area contributed by atoms with Crippen molar-refractivity contribution in [3.05, 3.63) is 66.1 Å². The van der Waals surface area contributed by atoms with Crippen molar-refractivity contribution in [1.29, 1.82) is 0 Å². The van der Waals surface area contributed by atoms with Crippen molar-refractivity contribution in [2.45, 2.75) is 6.92 Å². The number of benzene rings is 1. The van der Waals surface area contributed by atoms with Crippen LogP contribution < -0.4 is 0 Å². The van der Waals surface area contributed by atoms with Gasteiger partial charge in [0.1, 0.15) is 0 Å². The number of aromatic nitrogens is 3. The zero-order chi connectivity index (χ0) is 18.8. The molecule has 1 aliphatic heterocycles. The van der Waals surface area contributed by atoms with Gasteiger partial charge in [0.05, 0.1) is 17.6 Å². The number of piperazine rings is 1. The first kappa shape index (κ1) is 17.4. The van der Waals surface area contributed by atoms with Crippen LogP contribution in [0.1, 0.15) is 16.1 Å². The number of pyridine rings is 1. The first-order valence-electron chi connectivity index (χ1n) is 9.18. The molecule has 0 unspecified atom stereocenters. The molecular formula is C21H23N5O. The Morgan fingerprint density at radius 3 is 2.41 bits per heavy atom. The van der Waals surface area contributed by atoms with Crippen LogP contribution in [0.25, 0.3) is 16.9 Å². The second kappa shape index (κ2) is 7.32. The Balaban J connectivity index is 1.80. The van der Waals surface area contributed by atoms with E-state index in [4.69, 9.17) is 5.10 Å². The molecule has 6 nitrogen and oxygen atoms in total. The van der Waals surface area contributed by atoms with Gasteiger partial charge in [0.2, 0.25) is 0 Å². The average molecular weight is 361 g/mol. The van der Waals surface area contributed by atoms with Crippen LogP contribution in [0.15, 0.2) is 54.9 Å². The van der Waals surface area contributed by atoms with E-state index >= 15 is 0 Å². The summed E-state index contributed by atoms with van der Waals surface area (Å²) in [6, 6.07) is 13.9. The minimum Gasteiger partial charge on any atom is -0.335 e. The molecule has 0 radical (unpaired) electrons. The molecule has 0 saturated carbocycles. The summed E-state index contributed by atoms with van der Waals surface area (Å²) in [5.41, 5.74) is 4.22. The van der Waals surface area contributed by atoms with Crippen LogP contribution in [0.2, 0.25) is 0 Å². The van der Waals surface area contributed by atoms with Gasteiger partial charge >= 0.3 is 0 Å². The molecule has 0 aliphatic carbocycles. The molecule has 1 saturated heterocycles. The molecule has 3 heterocycles. The highest BCUT2D eigenvalue weighted by atomic mass is 16.2. The summed E-state index contributed by atoms with van der Waals surface area (Å²) in [7, 11) is 2.08. The molecule has 0 bridgehead atoms. The van der Waals surface area contributed by atoms with Gasteiger partial charge in [-0.15, -0.1) is 0 Å². The molecule has 3 aromatic rings. The lowest BCUT2D eigenvalue weighted by Gasteiger charge is -2.32. The second-order valence-corrected chi connectivity index (χ2v) is 6.91. The molecule has 138 valence electrons. The standard InChI is InChI=1S/C21H23N5O/c1-16-19(21(27)25-13-11-24(2)12-14-25)23-26(18-9-6-10-22-15-18)20(16)17-7-4-3-5-8-17/h3-10,15H,11-14H2,1-2H3. The Kier molecular flexibility index (Phi) is 4.73. The first-order valence-corrected chi connectivity index (χ1v) is 9.18. The van der Waals surface area contributed by atoms with E-state index in [9.17, 15) is 4.79 Å². The lowest BCUT2D eigenvalue weighted by atomic mass is 10.1. The van der Waals surface area contributed by atoms with E-state index in [0.717, 1.165) is 48.7 Å². The third-order valence-corrected chi connectivity index (χ3v) is 5.05. The Hall–Kier alpha value is -2.99. The van der Waals surface area contributed by atoms with E-state index in [2.05, 4.69) is 16.9 Å². The summed E-state index contributed by atoms with van der Waals surface area (Å²) in [6.07, 6.45) is 3.50. The number of nitrogens with zero attached hydrogens (tertiary/aromatic N) is 5. The Labute approximate surface area is 159 Å². The number of carbonyl (C=O) groups is 1. The van der Waals surface area contributed by atoms with Crippen molar-refractivity contribution in [1.82, 2.24) is 24.6 Å². The van der Waals surface area contributed by atoms with Gasteiger partial charge in [-0.3, -0.25) is 9.78 Å². The summed E-state index contributed by atoms with van der Waals surface area (Å²) in [5, 5.41) is 4.72. The predicted molar refractivity (Wildman–Crippen MR) is 105 cm³/mol. The van der Waals surface area contributed by atoms with Crippen LogP contribution >= 0.6 is 0 Å². The van der Waals surface area contributed by atoms with Gasteiger partial charge in [-0.1, -0.05) is 30.3 Å². The van der Waals surface area contributed by atoms with Crippen LogP contribution in [0.4, 0.5) is 0 Å². The van der Waals surface area contributed by atoms with Gasteiger partial charge < -0.3 is 9.80 Å². The zero-order valence-corrected chi connectivity index (χ0v) is 15.7. The minimum absolute atomic E-state index is 0.000390. The Bertz CT molecular complexity index is 928. The quantitative estimate of drug-likeness (QED) is 0.720. The molecule has 1 aromatic carbocycles. The van der Waals surface area contributed by atoms with Crippen molar-refractivity contribution in [2.24, 2.45) is 0 Å². The average Bonchev–Trinajstić information content (AvgIpc) is 3.06. The van der Waals surface area contributed by atoms with E-state index in [-0.39, 0.29) is 5.91 Å². The van der Waals surface area contributed by atoms with E-state index in [0.29, 0.717) is 5.69 Å². The molecule has 1 fully saturated rings. The van der Waals surface area contributed by atoms with E-state index in [1.807, 2.05) is 59.0 Å². The number of hydrogen-bond acceptors (Lipinski definition) is 4. The maximum Gasteiger partial charge on any atom is 0.274 e. The third-order valence-electron chi connectivity index (χ3n) is 5.05. The lowest BCUT2D eigenvalue weighted by molar-refractivity contribution is 0.0657. The lowest BCUT2D eigenvalue weighted by Crippen LogP contribution is -2.47. The van der Waals surface area contributed by atoms with Crippen molar-refractivity contribution in [2.75, 3.05) is 33.2 Å². The highest BCUT2D eigenvalue weighted by Crippen LogP contribution is 2.29. The highest BCUT2D eigenvalue weighted by molar-refractivity contribution is 5.95. The van der Waals surface area contributed by atoms with Gasteiger partial charge in [-0.05, 0) is 26.1 Å². The van der Waals surface area contributed by atoms with Crippen molar-refractivity contribution in [3.63, 3.8) is 0 Å². The molecule has 4 rings (SSSR count). The molecule has 0 N–H and O–H groups in total. The van der Waals surface area contributed by atoms with Gasteiger partial charge in [0.25, 0.3) is 5.91 Å². The van der Waals surface area contributed by atoms with Gasteiger partial charge in [0, 0.05) is 43.5 Å². The SMILES string of the molecule is Cc1c(C(=O)N2CCN(C)CC2)nn(-c2cccnc2)c1-c1ccccc1. The molecule has 2 aromatic heterocycles. The monoisotopic (exact) mass is 361 g/mol. The normalized spacial score (nSPS) is 15.1. The second-order valence-electron chi connectivity index (χ2n) is 6.91. The van der Waals surface area contributed by atoms with Gasteiger partial charge in [-0.2, -0.15) is 5.10 Å². The van der Waals surface area contributed by atoms with Crippen molar-refractivity contribution < 1.29 is 4.79 Å². The molecular weight excluding hydrogens is 338 g/mol. The molecule has 1 amide bonds. The molecule has 27 heavy (non-hydrogen) atoms. The van der Waals surface area contributed by atoms with E-state index in [1.165, 1.54) is 0 Å². The number of amides is 1. The summed E-state index contributed by atoms with van der Waals surface area (Å²) in [6.45, 7) is 5.22. The van der Waals surface area contributed by atoms with Crippen LogP contribution in [0.3, 0.4) is 0 Å². The smallest absolute Gasteiger partial charge is 0.274 e. The van der Waals surface area contributed by atoms with Gasteiger partial charge in [-0.25, -0.2) is 4.68 Å². The summed E-state index contributed by atoms with van der Waals surface area (Å²) in [5.74, 6) is 0.000390. The maximum absolute atomic E-state index is 13.2. The largest absolute Gasteiger partial charge is 0.335 e. The van der Waals surface area contributed by atoms with Crippen LogP contribution in [0.5, 0.6) is 0 Å². The van der Waals surface area contributed by atoms with Gasteiger partial charge in [0.15, 0.2) is 5.69 Å². The minimum atomic E-state index is 0.000390. The maximum atomic E-state index is 13.2. The Morgan fingerprint density at radius 1 is 1.00 bits per heavy atom. The number of rotatable bonds is 3. The Morgan fingerprint density at radius 2 is 1.74 bits per heavy atom. The van der Waals surface area contributed by atoms with Crippen molar-refractivity contribution in [3.8, 4) is 16.9 Å². The third kappa shape index (κ3) is 3.36. The highest BCUT2D eigenvalue weighted by Gasteiger charge is 2.27. The fourth-order valence-electron chi connectivity index (χ4n) is 3.46. The van der Waals surface area contributed by atoms with Crippen LogP contribution in [-0.2, 0) is 0 Å². The number of hydrogen-bond donors (Lipinski definition) is 0. The molecule has 0 spiro atoms. The number of likely N-dealkylation sites (N-methyl/N-ethyl adjacent to an activating group) is 1. The molecule has 1 aliphatic rings. The number of carbonyl (C=O) groups excluding carboxylic acids is 1. The molecule has 0 atom stereocenters.